The first-order chi connectivity index (χ1) is 10.7. The molecule has 2 N–H and O–H groups in total. The number of nitrogens with zero attached hydrogens (tertiary/aromatic N) is 1. The monoisotopic (exact) mass is 354 g/mol. The highest BCUT2D eigenvalue weighted by Gasteiger charge is 2.08. The van der Waals surface area contributed by atoms with E-state index in [1.54, 1.807) is 0 Å². The second-order valence-corrected chi connectivity index (χ2v) is 5.83. The Kier molecular flexibility index (Phi) is 4.11. The van der Waals surface area contributed by atoms with Crippen LogP contribution < -0.4 is 5.43 Å². The van der Waals surface area contributed by atoms with Gasteiger partial charge in [-0.1, -0.05) is 42.5 Å². The molecule has 4 heteroatoms. The van der Waals surface area contributed by atoms with E-state index in [0.29, 0.717) is 0 Å². The van der Waals surface area contributed by atoms with E-state index in [0.717, 1.165) is 32.2 Å². The fourth-order valence-electron chi connectivity index (χ4n) is 2.30. The SMILES string of the molecule is C/C(=N/Nc1ccccc1Br)c1ccc2ccccc2c1O. The molecule has 0 unspecified atom stereocenters. The number of hydrazone groups is 1. The van der Waals surface area contributed by atoms with Gasteiger partial charge < -0.3 is 5.11 Å². The average Bonchev–Trinajstić information content (AvgIpc) is 2.54. The van der Waals surface area contributed by atoms with Crippen LogP contribution in [0.2, 0.25) is 0 Å². The molecule has 0 amide bonds. The minimum atomic E-state index is 0.258. The fourth-order valence-corrected chi connectivity index (χ4v) is 2.68. The van der Waals surface area contributed by atoms with Gasteiger partial charge in [-0.2, -0.15) is 5.10 Å². The van der Waals surface area contributed by atoms with Crippen LogP contribution in [0.25, 0.3) is 10.8 Å². The lowest BCUT2D eigenvalue weighted by atomic mass is 10.0. The second kappa shape index (κ2) is 6.20. The molecule has 0 radical (unpaired) electrons. The number of nitrogens with one attached hydrogen (secondary N) is 1. The van der Waals surface area contributed by atoms with Crippen molar-refractivity contribution in [2.24, 2.45) is 5.10 Å². The number of aromatic hydroxyl groups is 1. The molecule has 0 fully saturated rings. The molecule has 0 saturated heterocycles. The largest absolute Gasteiger partial charge is 0.507 e. The summed E-state index contributed by atoms with van der Waals surface area (Å²) in [6.45, 7) is 1.87. The van der Waals surface area contributed by atoms with Gasteiger partial charge in [-0.05, 0) is 46.4 Å². The molecule has 3 aromatic carbocycles. The maximum Gasteiger partial charge on any atom is 0.132 e. The number of anilines is 1. The van der Waals surface area contributed by atoms with Gasteiger partial charge in [0.05, 0.1) is 11.4 Å². The van der Waals surface area contributed by atoms with Crippen LogP contribution in [0.1, 0.15) is 12.5 Å². The Balaban J connectivity index is 1.95. The van der Waals surface area contributed by atoms with E-state index >= 15 is 0 Å². The molecule has 0 aliphatic heterocycles. The lowest BCUT2D eigenvalue weighted by Crippen LogP contribution is -2.00. The van der Waals surface area contributed by atoms with Gasteiger partial charge in [0.2, 0.25) is 0 Å². The van der Waals surface area contributed by atoms with Gasteiger partial charge in [0.1, 0.15) is 5.75 Å². The Labute approximate surface area is 137 Å². The van der Waals surface area contributed by atoms with Crippen molar-refractivity contribution in [3.05, 3.63) is 70.7 Å². The van der Waals surface area contributed by atoms with Crippen molar-refractivity contribution < 1.29 is 5.11 Å². The molecule has 0 saturated carbocycles. The molecule has 22 heavy (non-hydrogen) atoms. The van der Waals surface area contributed by atoms with E-state index in [9.17, 15) is 5.11 Å². The normalized spacial score (nSPS) is 11.6. The van der Waals surface area contributed by atoms with Gasteiger partial charge in [0.25, 0.3) is 0 Å². The Morgan fingerprint density at radius 2 is 1.73 bits per heavy atom. The van der Waals surface area contributed by atoms with Crippen molar-refractivity contribution in [1.29, 1.82) is 0 Å². The summed E-state index contributed by atoms with van der Waals surface area (Å²) in [5, 5.41) is 16.7. The minimum absolute atomic E-state index is 0.258. The highest BCUT2D eigenvalue weighted by molar-refractivity contribution is 9.10. The standard InChI is InChI=1S/C18H15BrN2O/c1-12(20-21-17-9-5-4-8-16(17)19)14-11-10-13-6-2-3-7-15(13)18(14)22/h2-11,21-22H,1H3/b20-12-. The van der Waals surface area contributed by atoms with Crippen LogP contribution in [0.5, 0.6) is 5.75 Å². The first kappa shape index (κ1) is 14.6. The zero-order valence-electron chi connectivity index (χ0n) is 12.0. The number of para-hydroxylation sites is 1. The number of phenols is 1. The fraction of sp³-hybridized carbons (Fsp3) is 0.0556. The Hall–Kier alpha value is -2.33. The molecule has 0 bridgehead atoms. The van der Waals surface area contributed by atoms with Crippen LogP contribution in [0.3, 0.4) is 0 Å². The molecule has 110 valence electrons. The predicted molar refractivity (Wildman–Crippen MR) is 95.6 cm³/mol. The molecule has 3 aromatic rings. The zero-order chi connectivity index (χ0) is 15.5. The van der Waals surface area contributed by atoms with Gasteiger partial charge >= 0.3 is 0 Å². The summed E-state index contributed by atoms with van der Waals surface area (Å²) >= 11 is 3.47. The number of fused-ring (bicyclic) bond motifs is 1. The molecule has 3 rings (SSSR count). The topological polar surface area (TPSA) is 44.6 Å². The molecule has 0 aromatic heterocycles. The maximum absolute atomic E-state index is 10.5. The number of hydrogen-bond donors (Lipinski definition) is 2. The van der Waals surface area contributed by atoms with Gasteiger partial charge in [-0.25, -0.2) is 0 Å². The lowest BCUT2D eigenvalue weighted by molar-refractivity contribution is 0.480. The first-order valence-corrected chi connectivity index (χ1v) is 7.72. The number of rotatable bonds is 3. The van der Waals surface area contributed by atoms with E-state index < -0.39 is 0 Å². The highest BCUT2D eigenvalue weighted by Crippen LogP contribution is 2.29. The van der Waals surface area contributed by atoms with E-state index in [2.05, 4.69) is 26.5 Å². The number of benzene rings is 3. The number of hydrogen-bond acceptors (Lipinski definition) is 3. The minimum Gasteiger partial charge on any atom is -0.507 e. The van der Waals surface area contributed by atoms with Gasteiger partial charge in [-0.3, -0.25) is 5.43 Å². The van der Waals surface area contributed by atoms with E-state index in [-0.39, 0.29) is 5.75 Å². The number of halogens is 1. The summed E-state index contributed by atoms with van der Waals surface area (Å²) in [6, 6.07) is 19.4. The summed E-state index contributed by atoms with van der Waals surface area (Å²) in [7, 11) is 0. The molecule has 0 atom stereocenters. The quantitative estimate of drug-likeness (QED) is 0.504. The van der Waals surface area contributed by atoms with Crippen LogP contribution >= 0.6 is 15.9 Å². The van der Waals surface area contributed by atoms with Crippen molar-refractivity contribution in [2.45, 2.75) is 6.92 Å². The first-order valence-electron chi connectivity index (χ1n) is 6.93. The molecular weight excluding hydrogens is 340 g/mol. The Morgan fingerprint density at radius 1 is 1.00 bits per heavy atom. The third-order valence-electron chi connectivity index (χ3n) is 3.51. The van der Waals surface area contributed by atoms with E-state index in [1.165, 1.54) is 0 Å². The molecule has 0 aliphatic carbocycles. The smallest absolute Gasteiger partial charge is 0.132 e. The van der Waals surface area contributed by atoms with Gasteiger partial charge in [-0.15, -0.1) is 0 Å². The van der Waals surface area contributed by atoms with Crippen molar-refractivity contribution in [3.63, 3.8) is 0 Å². The van der Waals surface area contributed by atoms with Crippen LogP contribution in [-0.2, 0) is 0 Å². The Bertz CT molecular complexity index is 859. The van der Waals surface area contributed by atoms with Crippen LogP contribution in [0, 0.1) is 0 Å². The predicted octanol–water partition coefficient (Wildman–Crippen LogP) is 5.14. The van der Waals surface area contributed by atoms with Gasteiger partial charge in [0.15, 0.2) is 0 Å². The highest BCUT2D eigenvalue weighted by atomic mass is 79.9. The van der Waals surface area contributed by atoms with Crippen LogP contribution in [0.15, 0.2) is 70.2 Å². The summed E-state index contributed by atoms with van der Waals surface area (Å²) in [5.41, 5.74) is 5.34. The van der Waals surface area contributed by atoms with Crippen molar-refractivity contribution in [1.82, 2.24) is 0 Å². The van der Waals surface area contributed by atoms with E-state index in [1.807, 2.05) is 67.6 Å². The second-order valence-electron chi connectivity index (χ2n) is 4.97. The third kappa shape index (κ3) is 2.83. The maximum atomic E-state index is 10.5. The molecule has 0 heterocycles. The summed E-state index contributed by atoms with van der Waals surface area (Å²) in [4.78, 5) is 0. The Morgan fingerprint density at radius 3 is 2.55 bits per heavy atom. The molecule has 0 spiro atoms. The van der Waals surface area contributed by atoms with Crippen molar-refractivity contribution >= 4 is 38.1 Å². The average molecular weight is 355 g/mol. The zero-order valence-corrected chi connectivity index (χ0v) is 13.6. The lowest BCUT2D eigenvalue weighted by Gasteiger charge is -2.09. The van der Waals surface area contributed by atoms with Gasteiger partial charge in [0, 0.05) is 15.4 Å². The summed E-state index contributed by atoms with van der Waals surface area (Å²) < 4.78 is 0.939. The van der Waals surface area contributed by atoms with Crippen LogP contribution in [0.4, 0.5) is 5.69 Å². The van der Waals surface area contributed by atoms with Crippen molar-refractivity contribution in [2.75, 3.05) is 5.43 Å². The molecule has 3 nitrogen and oxygen atoms in total. The summed E-state index contributed by atoms with van der Waals surface area (Å²) in [6.07, 6.45) is 0. The third-order valence-corrected chi connectivity index (χ3v) is 4.20. The molecular formula is C18H15BrN2O. The summed E-state index contributed by atoms with van der Waals surface area (Å²) in [5.74, 6) is 0.258. The van der Waals surface area contributed by atoms with Crippen LogP contribution in [-0.4, -0.2) is 10.8 Å². The number of phenolic OH excluding ortho intramolecular Hbond substituents is 1. The molecule has 0 aliphatic rings. The van der Waals surface area contributed by atoms with E-state index in [4.69, 9.17) is 0 Å². The van der Waals surface area contributed by atoms with Crippen molar-refractivity contribution in [3.8, 4) is 5.75 Å².